The predicted molar refractivity (Wildman–Crippen MR) is 82.0 cm³/mol. The van der Waals surface area contributed by atoms with Crippen molar-refractivity contribution in [3.05, 3.63) is 29.8 Å². The highest BCUT2D eigenvalue weighted by molar-refractivity contribution is 7.90. The second-order valence-corrected chi connectivity index (χ2v) is 8.22. The van der Waals surface area contributed by atoms with E-state index in [0.29, 0.717) is 12.0 Å². The molecule has 0 saturated heterocycles. The van der Waals surface area contributed by atoms with Crippen molar-refractivity contribution in [2.75, 3.05) is 12.9 Å². The zero-order valence-corrected chi connectivity index (χ0v) is 13.7. The molecule has 1 atom stereocenters. The van der Waals surface area contributed by atoms with E-state index in [1.54, 1.807) is 12.1 Å². The first-order valence-corrected chi connectivity index (χ1v) is 8.66. The van der Waals surface area contributed by atoms with Crippen LogP contribution in [0.4, 0.5) is 0 Å². The molecular weight excluding hydrogens is 290 g/mol. The lowest BCUT2D eigenvalue weighted by molar-refractivity contribution is 0.0885. The van der Waals surface area contributed by atoms with Crippen LogP contribution in [0.1, 0.15) is 37.6 Å². The highest BCUT2D eigenvalue weighted by Crippen LogP contribution is 2.22. The quantitative estimate of drug-likeness (QED) is 0.865. The maximum Gasteiger partial charge on any atom is 0.251 e. The van der Waals surface area contributed by atoms with E-state index < -0.39 is 9.84 Å². The molecule has 6 heteroatoms. The molecule has 1 amide bonds. The fourth-order valence-corrected chi connectivity index (χ4v) is 2.63. The van der Waals surface area contributed by atoms with Gasteiger partial charge in [-0.3, -0.25) is 4.79 Å². The lowest BCUT2D eigenvalue weighted by atomic mass is 9.85. The summed E-state index contributed by atoms with van der Waals surface area (Å²) in [6.07, 6.45) is 1.55. The van der Waals surface area contributed by atoms with Gasteiger partial charge in [-0.15, -0.1) is 0 Å². The molecule has 0 aliphatic rings. The van der Waals surface area contributed by atoms with Gasteiger partial charge in [0.25, 0.3) is 5.91 Å². The van der Waals surface area contributed by atoms with Crippen LogP contribution in [0.3, 0.4) is 0 Å². The van der Waals surface area contributed by atoms with Crippen molar-refractivity contribution in [2.45, 2.75) is 38.1 Å². The summed E-state index contributed by atoms with van der Waals surface area (Å²) in [5, 5.41) is 12.0. The number of aliphatic hydroxyl groups is 1. The maximum absolute atomic E-state index is 12.3. The topological polar surface area (TPSA) is 83.5 Å². The van der Waals surface area contributed by atoms with Gasteiger partial charge in [-0.1, -0.05) is 26.8 Å². The Kier molecular flexibility index (Phi) is 5.53. The number of benzene rings is 1. The number of nitrogens with one attached hydrogen (secondary N) is 1. The Balaban J connectivity index is 2.98. The Labute approximate surface area is 126 Å². The van der Waals surface area contributed by atoms with Crippen LogP contribution in [-0.4, -0.2) is 38.3 Å². The van der Waals surface area contributed by atoms with E-state index in [-0.39, 0.29) is 28.9 Å². The van der Waals surface area contributed by atoms with Crippen LogP contribution in [0.25, 0.3) is 0 Å². The van der Waals surface area contributed by atoms with Crippen molar-refractivity contribution >= 4 is 15.7 Å². The van der Waals surface area contributed by atoms with Gasteiger partial charge >= 0.3 is 0 Å². The molecular formula is C15H23NO4S. The SMILES string of the molecule is CC(C)(C)C(CCO)NC(=O)c1cccc(S(C)(=O)=O)c1. The lowest BCUT2D eigenvalue weighted by Gasteiger charge is -2.31. The van der Waals surface area contributed by atoms with Crippen molar-refractivity contribution in [1.29, 1.82) is 0 Å². The monoisotopic (exact) mass is 313 g/mol. The lowest BCUT2D eigenvalue weighted by Crippen LogP contribution is -2.44. The zero-order chi connectivity index (χ0) is 16.3. The summed E-state index contributed by atoms with van der Waals surface area (Å²) in [6, 6.07) is 5.74. The Morgan fingerprint density at radius 3 is 2.43 bits per heavy atom. The second kappa shape index (κ2) is 6.58. The molecule has 1 aromatic rings. The Bertz CT molecular complexity index is 602. The second-order valence-electron chi connectivity index (χ2n) is 6.20. The van der Waals surface area contributed by atoms with E-state index in [1.807, 2.05) is 20.8 Å². The number of carbonyl (C=O) groups excluding carboxylic acids is 1. The minimum absolute atomic E-state index is 0.0222. The summed E-state index contributed by atoms with van der Waals surface area (Å²) in [6.45, 7) is 5.90. The molecule has 0 radical (unpaired) electrons. The minimum atomic E-state index is -3.35. The maximum atomic E-state index is 12.3. The van der Waals surface area contributed by atoms with Crippen LogP contribution >= 0.6 is 0 Å². The van der Waals surface area contributed by atoms with Crippen molar-refractivity contribution < 1.29 is 18.3 Å². The number of sulfone groups is 1. The van der Waals surface area contributed by atoms with Gasteiger partial charge in [0.2, 0.25) is 0 Å². The minimum Gasteiger partial charge on any atom is -0.396 e. The molecule has 5 nitrogen and oxygen atoms in total. The average Bonchev–Trinajstić information content (AvgIpc) is 2.36. The van der Waals surface area contributed by atoms with Gasteiger partial charge in [0, 0.05) is 24.5 Å². The van der Waals surface area contributed by atoms with Gasteiger partial charge in [0.1, 0.15) is 0 Å². The van der Waals surface area contributed by atoms with Crippen LogP contribution in [-0.2, 0) is 9.84 Å². The summed E-state index contributed by atoms with van der Waals surface area (Å²) in [7, 11) is -3.35. The van der Waals surface area contributed by atoms with Crippen molar-refractivity contribution in [3.63, 3.8) is 0 Å². The molecule has 0 bridgehead atoms. The van der Waals surface area contributed by atoms with Crippen LogP contribution in [0, 0.1) is 5.41 Å². The first-order valence-electron chi connectivity index (χ1n) is 6.77. The van der Waals surface area contributed by atoms with Crippen molar-refractivity contribution in [1.82, 2.24) is 5.32 Å². The number of rotatable bonds is 5. The highest BCUT2D eigenvalue weighted by atomic mass is 32.2. The van der Waals surface area contributed by atoms with E-state index in [4.69, 9.17) is 5.11 Å². The van der Waals surface area contributed by atoms with Gasteiger partial charge in [0.05, 0.1) is 4.90 Å². The fraction of sp³-hybridized carbons (Fsp3) is 0.533. The van der Waals surface area contributed by atoms with Gasteiger partial charge in [0.15, 0.2) is 9.84 Å². The first-order chi connectivity index (χ1) is 9.55. The largest absolute Gasteiger partial charge is 0.396 e. The summed E-state index contributed by atoms with van der Waals surface area (Å²) in [5.41, 5.74) is 0.0948. The predicted octanol–water partition coefficient (Wildman–Crippen LogP) is 1.62. The highest BCUT2D eigenvalue weighted by Gasteiger charge is 2.26. The fourth-order valence-electron chi connectivity index (χ4n) is 1.96. The molecule has 0 fully saturated rings. The first kappa shape index (κ1) is 17.7. The zero-order valence-electron chi connectivity index (χ0n) is 12.9. The normalized spacial score (nSPS) is 13.8. The van der Waals surface area contributed by atoms with E-state index in [1.165, 1.54) is 12.1 Å². The molecule has 1 rings (SSSR count). The summed E-state index contributed by atoms with van der Waals surface area (Å²) >= 11 is 0. The smallest absolute Gasteiger partial charge is 0.251 e. The number of carbonyl (C=O) groups is 1. The Morgan fingerprint density at radius 1 is 1.33 bits per heavy atom. The van der Waals surface area contributed by atoms with Gasteiger partial charge in [-0.25, -0.2) is 8.42 Å². The van der Waals surface area contributed by atoms with Gasteiger partial charge < -0.3 is 10.4 Å². The number of hydrogen-bond donors (Lipinski definition) is 2. The van der Waals surface area contributed by atoms with Crippen LogP contribution in [0.15, 0.2) is 29.2 Å². The van der Waals surface area contributed by atoms with E-state index in [9.17, 15) is 13.2 Å². The Morgan fingerprint density at radius 2 is 1.95 bits per heavy atom. The van der Waals surface area contributed by atoms with Gasteiger partial charge in [-0.05, 0) is 30.0 Å². The molecule has 0 spiro atoms. The van der Waals surface area contributed by atoms with E-state index >= 15 is 0 Å². The number of hydrogen-bond acceptors (Lipinski definition) is 4. The summed E-state index contributed by atoms with van der Waals surface area (Å²) in [5.74, 6) is -0.339. The van der Waals surface area contributed by atoms with Crippen LogP contribution < -0.4 is 5.32 Å². The average molecular weight is 313 g/mol. The summed E-state index contributed by atoms with van der Waals surface area (Å²) in [4.78, 5) is 12.4. The van der Waals surface area contributed by atoms with Crippen molar-refractivity contribution in [3.8, 4) is 0 Å². The summed E-state index contributed by atoms with van der Waals surface area (Å²) < 4.78 is 23.1. The standard InChI is InChI=1S/C15H23NO4S/c1-15(2,3)13(8-9-17)16-14(18)11-6-5-7-12(10-11)21(4,19)20/h5-7,10,13,17H,8-9H2,1-4H3,(H,16,18). The molecule has 0 aromatic heterocycles. The van der Waals surface area contributed by atoms with Crippen molar-refractivity contribution in [2.24, 2.45) is 5.41 Å². The molecule has 1 unspecified atom stereocenters. The molecule has 118 valence electrons. The molecule has 0 aliphatic carbocycles. The van der Waals surface area contributed by atoms with E-state index in [0.717, 1.165) is 6.26 Å². The molecule has 0 saturated carbocycles. The molecule has 2 N–H and O–H groups in total. The Hall–Kier alpha value is -1.40. The third-order valence-corrected chi connectivity index (χ3v) is 4.40. The number of aliphatic hydroxyl groups excluding tert-OH is 1. The molecule has 0 aliphatic heterocycles. The van der Waals surface area contributed by atoms with Crippen LogP contribution in [0.5, 0.6) is 0 Å². The molecule has 21 heavy (non-hydrogen) atoms. The molecule has 0 heterocycles. The number of amides is 1. The van der Waals surface area contributed by atoms with Gasteiger partial charge in [-0.2, -0.15) is 0 Å². The van der Waals surface area contributed by atoms with Crippen LogP contribution in [0.2, 0.25) is 0 Å². The third-order valence-electron chi connectivity index (χ3n) is 3.29. The molecule has 1 aromatic carbocycles. The third kappa shape index (κ3) is 5.13. The van der Waals surface area contributed by atoms with E-state index in [2.05, 4.69) is 5.32 Å².